The molecule has 0 spiro atoms. The van der Waals surface area contributed by atoms with Crippen molar-refractivity contribution >= 4 is 15.9 Å². The maximum atomic E-state index is 9.56. The molecule has 108 valence electrons. The maximum absolute atomic E-state index is 9.56. The van der Waals surface area contributed by atoms with Gasteiger partial charge in [0.15, 0.2) is 0 Å². The molecule has 0 fully saturated rings. The molecular formula is C15H24BrNO2. The number of aliphatic hydroxyl groups excluding tert-OH is 1. The first-order chi connectivity index (χ1) is 9.02. The van der Waals surface area contributed by atoms with Crippen molar-refractivity contribution in [3.05, 3.63) is 28.2 Å². The van der Waals surface area contributed by atoms with Gasteiger partial charge in [0.1, 0.15) is 12.4 Å². The summed E-state index contributed by atoms with van der Waals surface area (Å²) in [6.45, 7) is 8.40. The van der Waals surface area contributed by atoms with Crippen LogP contribution in [0.4, 0.5) is 0 Å². The van der Waals surface area contributed by atoms with E-state index in [-0.39, 0.29) is 0 Å². The van der Waals surface area contributed by atoms with Crippen LogP contribution in [-0.4, -0.2) is 24.4 Å². The molecule has 1 unspecified atom stereocenters. The molecular weight excluding hydrogens is 306 g/mol. The van der Waals surface area contributed by atoms with Crippen LogP contribution in [0, 0.1) is 5.92 Å². The van der Waals surface area contributed by atoms with Crippen molar-refractivity contribution in [1.29, 1.82) is 0 Å². The van der Waals surface area contributed by atoms with Crippen LogP contribution in [0.1, 0.15) is 32.8 Å². The Morgan fingerprint density at radius 1 is 1.37 bits per heavy atom. The molecule has 0 aliphatic heterocycles. The molecule has 19 heavy (non-hydrogen) atoms. The third-order valence-corrected chi connectivity index (χ3v) is 3.29. The topological polar surface area (TPSA) is 41.5 Å². The molecule has 0 aliphatic carbocycles. The zero-order valence-corrected chi connectivity index (χ0v) is 13.5. The van der Waals surface area contributed by atoms with Crippen molar-refractivity contribution in [2.75, 3.05) is 13.2 Å². The number of ether oxygens (including phenoxy) is 1. The largest absolute Gasteiger partial charge is 0.491 e. The predicted molar refractivity (Wildman–Crippen MR) is 82.5 cm³/mol. The van der Waals surface area contributed by atoms with E-state index in [9.17, 15) is 5.11 Å². The van der Waals surface area contributed by atoms with Crippen molar-refractivity contribution in [3.8, 4) is 5.75 Å². The summed E-state index contributed by atoms with van der Waals surface area (Å²) in [7, 11) is 0. The van der Waals surface area contributed by atoms with E-state index in [4.69, 9.17) is 4.74 Å². The van der Waals surface area contributed by atoms with E-state index in [0.717, 1.165) is 28.9 Å². The minimum atomic E-state index is -0.403. The fourth-order valence-electron chi connectivity index (χ4n) is 1.63. The highest BCUT2D eigenvalue weighted by atomic mass is 79.9. The quantitative estimate of drug-likeness (QED) is 0.768. The first-order valence-corrected chi connectivity index (χ1v) is 7.62. The summed E-state index contributed by atoms with van der Waals surface area (Å²) >= 11 is 3.48. The molecule has 0 amide bonds. The number of hydrogen-bond acceptors (Lipinski definition) is 3. The number of halogens is 1. The van der Waals surface area contributed by atoms with E-state index >= 15 is 0 Å². The summed E-state index contributed by atoms with van der Waals surface area (Å²) in [5.41, 5.74) is 1.11. The Balaban J connectivity index is 2.63. The van der Waals surface area contributed by atoms with Gasteiger partial charge in [-0.25, -0.2) is 0 Å². The van der Waals surface area contributed by atoms with Gasteiger partial charge in [0.25, 0.3) is 0 Å². The standard InChI is InChI=1S/C15H24BrNO2/c1-4-14(18)10-19-15-6-5-13(16)7-12(15)9-17-8-11(2)3/h5-7,11,14,17-18H,4,8-10H2,1-3H3. The molecule has 1 rings (SSSR count). The Hall–Kier alpha value is -0.580. The van der Waals surface area contributed by atoms with E-state index in [0.29, 0.717) is 18.9 Å². The van der Waals surface area contributed by atoms with Crippen molar-refractivity contribution in [2.24, 2.45) is 5.92 Å². The molecule has 0 saturated heterocycles. The minimum Gasteiger partial charge on any atom is -0.491 e. The van der Waals surface area contributed by atoms with Crippen LogP contribution in [0.25, 0.3) is 0 Å². The van der Waals surface area contributed by atoms with E-state index in [1.807, 2.05) is 19.1 Å². The van der Waals surface area contributed by atoms with Crippen LogP contribution in [0.15, 0.2) is 22.7 Å². The number of hydrogen-bond donors (Lipinski definition) is 2. The lowest BCUT2D eigenvalue weighted by molar-refractivity contribution is 0.104. The summed E-state index contributed by atoms with van der Waals surface area (Å²) in [4.78, 5) is 0. The molecule has 4 heteroatoms. The van der Waals surface area contributed by atoms with Crippen molar-refractivity contribution < 1.29 is 9.84 Å². The lowest BCUT2D eigenvalue weighted by atomic mass is 10.1. The van der Waals surface area contributed by atoms with Gasteiger partial charge in [0.2, 0.25) is 0 Å². The zero-order chi connectivity index (χ0) is 14.3. The third kappa shape index (κ3) is 6.41. The van der Waals surface area contributed by atoms with Gasteiger partial charge in [-0.1, -0.05) is 36.7 Å². The Kier molecular flexibility index (Phi) is 7.42. The highest BCUT2D eigenvalue weighted by molar-refractivity contribution is 9.10. The fourth-order valence-corrected chi connectivity index (χ4v) is 2.03. The van der Waals surface area contributed by atoms with Gasteiger partial charge in [-0.05, 0) is 37.1 Å². The van der Waals surface area contributed by atoms with Gasteiger partial charge < -0.3 is 15.2 Å². The zero-order valence-electron chi connectivity index (χ0n) is 11.9. The normalized spacial score (nSPS) is 12.7. The highest BCUT2D eigenvalue weighted by Gasteiger charge is 2.07. The molecule has 3 nitrogen and oxygen atoms in total. The Bertz CT molecular complexity index is 382. The van der Waals surface area contributed by atoms with Gasteiger partial charge >= 0.3 is 0 Å². The number of rotatable bonds is 8. The van der Waals surface area contributed by atoms with Crippen LogP contribution >= 0.6 is 15.9 Å². The highest BCUT2D eigenvalue weighted by Crippen LogP contribution is 2.23. The van der Waals surface area contributed by atoms with Gasteiger partial charge in [0, 0.05) is 16.6 Å². The molecule has 0 radical (unpaired) electrons. The van der Waals surface area contributed by atoms with Gasteiger partial charge in [-0.2, -0.15) is 0 Å². The first kappa shape index (κ1) is 16.5. The molecule has 0 bridgehead atoms. The average molecular weight is 330 g/mol. The van der Waals surface area contributed by atoms with E-state index < -0.39 is 6.10 Å². The monoisotopic (exact) mass is 329 g/mol. The molecule has 0 heterocycles. The molecule has 0 aliphatic rings. The predicted octanol–water partition coefficient (Wildman–Crippen LogP) is 3.34. The van der Waals surface area contributed by atoms with E-state index in [1.54, 1.807) is 0 Å². The van der Waals surface area contributed by atoms with Crippen LogP contribution in [0.5, 0.6) is 5.75 Å². The van der Waals surface area contributed by atoms with Gasteiger partial charge in [-0.3, -0.25) is 0 Å². The lowest BCUT2D eigenvalue weighted by Crippen LogP contribution is -2.21. The molecule has 1 aromatic rings. The van der Waals surface area contributed by atoms with Crippen molar-refractivity contribution in [3.63, 3.8) is 0 Å². The summed E-state index contributed by atoms with van der Waals surface area (Å²) in [5.74, 6) is 1.46. The second-order valence-electron chi connectivity index (χ2n) is 5.15. The number of nitrogens with one attached hydrogen (secondary N) is 1. The fraction of sp³-hybridized carbons (Fsp3) is 0.600. The Labute approximate surface area is 124 Å². The second kappa shape index (κ2) is 8.56. The number of benzene rings is 1. The number of aliphatic hydroxyl groups is 1. The van der Waals surface area contributed by atoms with Gasteiger partial charge in [-0.15, -0.1) is 0 Å². The van der Waals surface area contributed by atoms with Gasteiger partial charge in [0.05, 0.1) is 6.10 Å². The van der Waals surface area contributed by atoms with E-state index in [2.05, 4.69) is 41.2 Å². The molecule has 1 aromatic carbocycles. The van der Waals surface area contributed by atoms with Crippen LogP contribution in [-0.2, 0) is 6.54 Å². The van der Waals surface area contributed by atoms with Crippen molar-refractivity contribution in [2.45, 2.75) is 39.8 Å². The minimum absolute atomic E-state index is 0.343. The second-order valence-corrected chi connectivity index (χ2v) is 6.07. The Morgan fingerprint density at radius 3 is 2.74 bits per heavy atom. The SMILES string of the molecule is CCC(O)COc1ccc(Br)cc1CNCC(C)C. The Morgan fingerprint density at radius 2 is 2.11 bits per heavy atom. The van der Waals surface area contributed by atoms with Crippen LogP contribution < -0.4 is 10.1 Å². The summed E-state index contributed by atoms with van der Waals surface area (Å²) in [6, 6.07) is 5.96. The smallest absolute Gasteiger partial charge is 0.124 e. The maximum Gasteiger partial charge on any atom is 0.124 e. The summed E-state index contributed by atoms with van der Waals surface area (Å²) in [6.07, 6.45) is 0.303. The molecule has 2 N–H and O–H groups in total. The molecule has 0 aromatic heterocycles. The molecule has 1 atom stereocenters. The van der Waals surface area contributed by atoms with Crippen LogP contribution in [0.3, 0.4) is 0 Å². The van der Waals surface area contributed by atoms with Crippen molar-refractivity contribution in [1.82, 2.24) is 5.32 Å². The summed E-state index contributed by atoms with van der Waals surface area (Å²) < 4.78 is 6.73. The molecule has 0 saturated carbocycles. The average Bonchev–Trinajstić information content (AvgIpc) is 2.37. The van der Waals surface area contributed by atoms with E-state index in [1.165, 1.54) is 0 Å². The summed E-state index contributed by atoms with van der Waals surface area (Å²) in [5, 5.41) is 13.0. The first-order valence-electron chi connectivity index (χ1n) is 6.83. The lowest BCUT2D eigenvalue weighted by Gasteiger charge is -2.15. The third-order valence-electron chi connectivity index (χ3n) is 2.79. The van der Waals surface area contributed by atoms with Crippen LogP contribution in [0.2, 0.25) is 0 Å².